The van der Waals surface area contributed by atoms with Crippen molar-refractivity contribution in [1.29, 1.82) is 0 Å². The summed E-state index contributed by atoms with van der Waals surface area (Å²) in [5.74, 6) is 0.991. The number of anilines is 3. The third kappa shape index (κ3) is 4.89. The van der Waals surface area contributed by atoms with E-state index in [1.54, 1.807) is 0 Å². The van der Waals surface area contributed by atoms with Crippen LogP contribution in [0.3, 0.4) is 0 Å². The molecule has 0 spiro atoms. The zero-order valence-electron chi connectivity index (χ0n) is 17.1. The Morgan fingerprint density at radius 2 is 1.83 bits per heavy atom. The van der Waals surface area contributed by atoms with Crippen molar-refractivity contribution >= 4 is 35.1 Å². The Morgan fingerprint density at radius 3 is 2.40 bits per heavy atom. The van der Waals surface area contributed by atoms with Crippen LogP contribution in [0.2, 0.25) is 0 Å². The first-order valence-corrected chi connectivity index (χ1v) is 9.94. The van der Waals surface area contributed by atoms with Crippen molar-refractivity contribution in [3.8, 4) is 11.8 Å². The second-order valence-corrected chi connectivity index (χ2v) is 7.39. The molecule has 30 heavy (non-hydrogen) atoms. The first-order chi connectivity index (χ1) is 14.4. The Balaban J connectivity index is 1.91. The van der Waals surface area contributed by atoms with Gasteiger partial charge in [-0.05, 0) is 24.9 Å². The summed E-state index contributed by atoms with van der Waals surface area (Å²) in [6, 6.07) is 0. The molecule has 0 radical (unpaired) electrons. The first-order valence-electron chi connectivity index (χ1n) is 9.12. The number of likely N-dealkylation sites (N-methyl/N-ethyl adjacent to an activating group) is 1. The number of ether oxygens (including phenoxy) is 2. The van der Waals surface area contributed by atoms with Crippen molar-refractivity contribution in [2.24, 2.45) is 0 Å². The number of amides is 1. The van der Waals surface area contributed by atoms with Crippen LogP contribution in [0.25, 0.3) is 0 Å². The number of aromatic nitrogens is 4. The van der Waals surface area contributed by atoms with E-state index >= 15 is 0 Å². The van der Waals surface area contributed by atoms with Gasteiger partial charge < -0.3 is 30.3 Å². The van der Waals surface area contributed by atoms with Gasteiger partial charge in [0.2, 0.25) is 23.6 Å². The quantitative estimate of drug-likeness (QED) is 0.477. The Morgan fingerprint density at radius 1 is 1.20 bits per heavy atom. The van der Waals surface area contributed by atoms with Gasteiger partial charge in [0.05, 0.1) is 26.1 Å². The van der Waals surface area contributed by atoms with E-state index in [1.807, 2.05) is 0 Å². The fourth-order valence-corrected chi connectivity index (χ4v) is 3.55. The molecule has 3 rings (SSSR count). The van der Waals surface area contributed by atoms with E-state index in [2.05, 4.69) is 48.7 Å². The standard InChI is InChI=1S/C18H24N8O3S/c1-5-12(27)21-14-11(19)10-20-18(22-14)30-13-15(28-3)23-17(24-16(13)29-4)26-8-6-25(2)7-9-26/h5,10H,1,6-9,19H2,2-4H3,(H,20,21,22,27). The minimum Gasteiger partial charge on any atom is -0.480 e. The van der Waals surface area contributed by atoms with Gasteiger partial charge in [0.1, 0.15) is 4.90 Å². The van der Waals surface area contributed by atoms with Crippen LogP contribution in [0.1, 0.15) is 0 Å². The summed E-state index contributed by atoms with van der Waals surface area (Å²) in [6.45, 7) is 6.87. The van der Waals surface area contributed by atoms with Crippen molar-refractivity contribution in [3.63, 3.8) is 0 Å². The number of nitrogen functional groups attached to an aromatic ring is 1. The minimum absolute atomic E-state index is 0.185. The second-order valence-electron chi connectivity index (χ2n) is 6.41. The molecule has 1 fully saturated rings. The number of piperazine rings is 1. The molecule has 1 aliphatic rings. The summed E-state index contributed by atoms with van der Waals surface area (Å²) >= 11 is 1.15. The Labute approximate surface area is 178 Å². The molecule has 1 amide bonds. The van der Waals surface area contributed by atoms with Crippen LogP contribution in [0.15, 0.2) is 28.9 Å². The lowest BCUT2D eigenvalue weighted by Crippen LogP contribution is -2.45. The van der Waals surface area contributed by atoms with Gasteiger partial charge in [-0.15, -0.1) is 0 Å². The van der Waals surface area contributed by atoms with Crippen molar-refractivity contribution in [2.75, 3.05) is 63.4 Å². The van der Waals surface area contributed by atoms with Crippen molar-refractivity contribution in [3.05, 3.63) is 18.9 Å². The molecule has 12 heteroatoms. The zero-order valence-corrected chi connectivity index (χ0v) is 17.9. The summed E-state index contributed by atoms with van der Waals surface area (Å²) < 4.78 is 11.0. The van der Waals surface area contributed by atoms with Crippen LogP contribution in [0.5, 0.6) is 11.8 Å². The molecule has 1 saturated heterocycles. The molecule has 0 bridgehead atoms. The Hall–Kier alpha value is -3.12. The molecular formula is C18H24N8O3S. The van der Waals surface area contributed by atoms with E-state index in [0.717, 1.165) is 44.0 Å². The highest BCUT2D eigenvalue weighted by atomic mass is 32.2. The summed E-state index contributed by atoms with van der Waals surface area (Å²) in [5, 5.41) is 2.86. The highest BCUT2D eigenvalue weighted by Crippen LogP contribution is 2.40. The summed E-state index contributed by atoms with van der Waals surface area (Å²) in [5.41, 5.74) is 6.08. The third-order valence-corrected chi connectivity index (χ3v) is 5.31. The molecule has 2 aromatic heterocycles. The van der Waals surface area contributed by atoms with E-state index in [1.165, 1.54) is 20.4 Å². The highest BCUT2D eigenvalue weighted by molar-refractivity contribution is 7.99. The van der Waals surface area contributed by atoms with Gasteiger partial charge in [-0.3, -0.25) is 4.79 Å². The summed E-state index contributed by atoms with van der Waals surface area (Å²) in [7, 11) is 5.13. The number of hydrogen-bond acceptors (Lipinski definition) is 11. The maximum atomic E-state index is 11.6. The number of hydrogen-bond donors (Lipinski definition) is 2. The maximum Gasteiger partial charge on any atom is 0.248 e. The van der Waals surface area contributed by atoms with Gasteiger partial charge in [0.25, 0.3) is 0 Å². The van der Waals surface area contributed by atoms with Crippen LogP contribution in [0, 0.1) is 0 Å². The van der Waals surface area contributed by atoms with Gasteiger partial charge in [0.15, 0.2) is 11.0 Å². The van der Waals surface area contributed by atoms with E-state index in [0.29, 0.717) is 27.8 Å². The molecule has 0 saturated carbocycles. The van der Waals surface area contributed by atoms with Gasteiger partial charge in [-0.1, -0.05) is 6.58 Å². The Bertz CT molecular complexity index is 909. The predicted molar refractivity (Wildman–Crippen MR) is 114 cm³/mol. The lowest BCUT2D eigenvalue weighted by molar-refractivity contribution is -0.111. The molecule has 0 unspecified atom stereocenters. The fraction of sp³-hybridized carbons (Fsp3) is 0.389. The van der Waals surface area contributed by atoms with Gasteiger partial charge in [-0.25, -0.2) is 9.97 Å². The SMILES string of the molecule is C=CC(=O)Nc1nc(Sc2c(OC)nc(N3CCN(C)CC3)nc2OC)ncc1N. The lowest BCUT2D eigenvalue weighted by Gasteiger charge is -2.32. The molecule has 0 aliphatic carbocycles. The average molecular weight is 433 g/mol. The fourth-order valence-electron chi connectivity index (χ4n) is 2.69. The molecule has 160 valence electrons. The molecule has 0 atom stereocenters. The second kappa shape index (κ2) is 9.59. The van der Waals surface area contributed by atoms with Gasteiger partial charge in [-0.2, -0.15) is 9.97 Å². The normalized spacial score (nSPS) is 14.3. The first kappa shape index (κ1) is 21.6. The molecular weight excluding hydrogens is 408 g/mol. The number of nitrogens with zero attached hydrogens (tertiary/aromatic N) is 6. The van der Waals surface area contributed by atoms with Crippen LogP contribution in [-0.4, -0.2) is 78.2 Å². The minimum atomic E-state index is -0.425. The molecule has 3 N–H and O–H groups in total. The van der Waals surface area contributed by atoms with Crippen LogP contribution in [0.4, 0.5) is 17.5 Å². The molecule has 3 heterocycles. The molecule has 11 nitrogen and oxygen atoms in total. The number of carbonyl (C=O) groups is 1. The highest BCUT2D eigenvalue weighted by Gasteiger charge is 2.23. The zero-order chi connectivity index (χ0) is 21.7. The summed E-state index contributed by atoms with van der Waals surface area (Å²) in [6.07, 6.45) is 2.54. The number of methoxy groups -OCH3 is 2. The number of rotatable bonds is 7. The molecule has 0 aromatic carbocycles. The molecule has 2 aromatic rings. The number of nitrogens with two attached hydrogens (primary N) is 1. The smallest absolute Gasteiger partial charge is 0.248 e. The monoisotopic (exact) mass is 432 g/mol. The molecule has 1 aliphatic heterocycles. The predicted octanol–water partition coefficient (Wildman–Crippen LogP) is 0.893. The number of nitrogens with one attached hydrogen (secondary N) is 1. The lowest BCUT2D eigenvalue weighted by atomic mass is 10.3. The topological polar surface area (TPSA) is 132 Å². The van der Waals surface area contributed by atoms with E-state index < -0.39 is 5.91 Å². The van der Waals surface area contributed by atoms with E-state index in [-0.39, 0.29) is 11.5 Å². The summed E-state index contributed by atoms with van der Waals surface area (Å²) in [4.78, 5) is 34.1. The van der Waals surface area contributed by atoms with E-state index in [4.69, 9.17) is 15.2 Å². The van der Waals surface area contributed by atoms with Crippen LogP contribution in [-0.2, 0) is 4.79 Å². The largest absolute Gasteiger partial charge is 0.480 e. The third-order valence-electron chi connectivity index (χ3n) is 4.38. The van der Waals surface area contributed by atoms with Crippen molar-refractivity contribution < 1.29 is 14.3 Å². The van der Waals surface area contributed by atoms with Gasteiger partial charge >= 0.3 is 0 Å². The maximum absolute atomic E-state index is 11.6. The van der Waals surface area contributed by atoms with Gasteiger partial charge in [0, 0.05) is 26.2 Å². The van der Waals surface area contributed by atoms with Crippen molar-refractivity contribution in [2.45, 2.75) is 10.1 Å². The van der Waals surface area contributed by atoms with E-state index in [9.17, 15) is 4.79 Å². The van der Waals surface area contributed by atoms with Crippen molar-refractivity contribution in [1.82, 2.24) is 24.8 Å². The Kier molecular flexibility index (Phi) is 6.90. The van der Waals surface area contributed by atoms with Crippen LogP contribution < -0.4 is 25.4 Å². The number of carbonyl (C=O) groups excluding carboxylic acids is 1. The average Bonchev–Trinajstić information content (AvgIpc) is 2.76. The van der Waals surface area contributed by atoms with Crippen LogP contribution >= 0.6 is 11.8 Å².